The highest BCUT2D eigenvalue weighted by Gasteiger charge is 2.08. The van der Waals surface area contributed by atoms with Crippen molar-refractivity contribution in [2.24, 2.45) is 0 Å². The third-order valence-corrected chi connectivity index (χ3v) is 4.81. The lowest BCUT2D eigenvalue weighted by Crippen LogP contribution is -1.99. The Balaban J connectivity index is 0.000000260. The SMILES string of the molecule is CC(=O)CC(C)c1ccc(I)cc1.CC(=O)CC(C)c1ccc(O)cc1. The zero-order valence-electron chi connectivity index (χ0n) is 15.8. The first-order valence-electron chi connectivity index (χ1n) is 8.72. The fourth-order valence-corrected chi connectivity index (χ4v) is 3.05. The van der Waals surface area contributed by atoms with Gasteiger partial charge in [0.05, 0.1) is 0 Å². The van der Waals surface area contributed by atoms with Crippen LogP contribution in [0.3, 0.4) is 0 Å². The monoisotopic (exact) mass is 466 g/mol. The molecule has 0 heterocycles. The summed E-state index contributed by atoms with van der Waals surface area (Å²) >= 11 is 2.28. The standard InChI is InChI=1S/C11H13IO.C11H14O2/c1-8(7-9(2)13)10-3-5-11(12)6-4-10;1-8(7-9(2)12)10-3-5-11(13)6-4-10/h3-6,8H,7H2,1-2H3;3-6,8,13H,7H2,1-2H3. The molecule has 2 atom stereocenters. The lowest BCUT2D eigenvalue weighted by Gasteiger charge is -2.09. The van der Waals surface area contributed by atoms with Crippen molar-refractivity contribution in [1.29, 1.82) is 0 Å². The van der Waals surface area contributed by atoms with Gasteiger partial charge in [-0.05, 0) is 83.7 Å². The van der Waals surface area contributed by atoms with Gasteiger partial charge < -0.3 is 14.7 Å². The van der Waals surface area contributed by atoms with Gasteiger partial charge in [-0.2, -0.15) is 0 Å². The van der Waals surface area contributed by atoms with Gasteiger partial charge in [-0.15, -0.1) is 0 Å². The van der Waals surface area contributed by atoms with E-state index in [4.69, 9.17) is 5.11 Å². The third-order valence-electron chi connectivity index (χ3n) is 4.09. The van der Waals surface area contributed by atoms with Gasteiger partial charge in [0.15, 0.2) is 0 Å². The zero-order valence-corrected chi connectivity index (χ0v) is 18.0. The molecule has 0 saturated carbocycles. The van der Waals surface area contributed by atoms with Crippen molar-refractivity contribution in [3.8, 4) is 5.75 Å². The molecule has 0 saturated heterocycles. The van der Waals surface area contributed by atoms with E-state index >= 15 is 0 Å². The van der Waals surface area contributed by atoms with E-state index in [9.17, 15) is 9.59 Å². The number of carbonyl (C=O) groups excluding carboxylic acids is 2. The predicted octanol–water partition coefficient (Wildman–Crippen LogP) is 5.85. The Morgan fingerprint density at radius 1 is 0.808 bits per heavy atom. The van der Waals surface area contributed by atoms with Crippen molar-refractivity contribution < 1.29 is 14.7 Å². The maximum absolute atomic E-state index is 10.9. The van der Waals surface area contributed by atoms with Gasteiger partial charge in [0.1, 0.15) is 17.3 Å². The molecule has 2 aromatic rings. The van der Waals surface area contributed by atoms with Crippen molar-refractivity contribution in [2.45, 2.75) is 52.4 Å². The number of phenols is 1. The van der Waals surface area contributed by atoms with Crippen LogP contribution in [0, 0.1) is 3.57 Å². The number of hydrogen-bond acceptors (Lipinski definition) is 3. The number of halogens is 1. The number of rotatable bonds is 6. The van der Waals surface area contributed by atoms with E-state index in [1.807, 2.05) is 19.1 Å². The van der Waals surface area contributed by atoms with E-state index in [2.05, 4.69) is 53.8 Å². The fraction of sp³-hybridized carbons (Fsp3) is 0.364. The van der Waals surface area contributed by atoms with Crippen LogP contribution in [0.1, 0.15) is 63.5 Å². The molecule has 0 amide bonds. The summed E-state index contributed by atoms with van der Waals surface area (Å²) in [7, 11) is 0. The lowest BCUT2D eigenvalue weighted by atomic mass is 9.96. The van der Waals surface area contributed by atoms with Gasteiger partial charge in [-0.25, -0.2) is 0 Å². The molecule has 2 rings (SSSR count). The van der Waals surface area contributed by atoms with E-state index in [0.29, 0.717) is 18.8 Å². The Morgan fingerprint density at radius 2 is 1.15 bits per heavy atom. The number of carbonyl (C=O) groups is 2. The number of Topliss-reactive ketones (excluding diaryl/α,β-unsaturated/α-hetero) is 2. The van der Waals surface area contributed by atoms with Crippen molar-refractivity contribution in [3.05, 3.63) is 63.2 Å². The quantitative estimate of drug-likeness (QED) is 0.544. The lowest BCUT2D eigenvalue weighted by molar-refractivity contribution is -0.118. The molecule has 0 aliphatic carbocycles. The normalized spacial score (nSPS) is 12.5. The smallest absolute Gasteiger partial charge is 0.130 e. The molecule has 0 aliphatic rings. The molecule has 140 valence electrons. The van der Waals surface area contributed by atoms with Gasteiger partial charge in [-0.3, -0.25) is 0 Å². The first-order valence-corrected chi connectivity index (χ1v) is 9.80. The second-order valence-corrected chi connectivity index (χ2v) is 8.00. The molecule has 1 N–H and O–H groups in total. The van der Waals surface area contributed by atoms with E-state index in [-0.39, 0.29) is 23.2 Å². The number of ketones is 2. The average Bonchev–Trinajstić information content (AvgIpc) is 2.55. The highest BCUT2D eigenvalue weighted by molar-refractivity contribution is 14.1. The molecule has 3 nitrogen and oxygen atoms in total. The van der Waals surface area contributed by atoms with Crippen LogP contribution < -0.4 is 0 Å². The van der Waals surface area contributed by atoms with Gasteiger partial charge in [0.25, 0.3) is 0 Å². The van der Waals surface area contributed by atoms with Crippen LogP contribution in [-0.4, -0.2) is 16.7 Å². The highest BCUT2D eigenvalue weighted by Crippen LogP contribution is 2.21. The van der Waals surface area contributed by atoms with Crippen LogP contribution in [0.25, 0.3) is 0 Å². The van der Waals surface area contributed by atoms with E-state index in [1.54, 1.807) is 26.0 Å². The number of hydrogen-bond donors (Lipinski definition) is 1. The summed E-state index contributed by atoms with van der Waals surface area (Å²) < 4.78 is 1.23. The molecular weight excluding hydrogens is 439 g/mol. The maximum atomic E-state index is 10.9. The highest BCUT2D eigenvalue weighted by atomic mass is 127. The Kier molecular flexibility index (Phi) is 9.55. The number of benzene rings is 2. The molecule has 26 heavy (non-hydrogen) atoms. The summed E-state index contributed by atoms with van der Waals surface area (Å²) in [5, 5.41) is 9.05. The van der Waals surface area contributed by atoms with Crippen LogP contribution >= 0.6 is 22.6 Å². The zero-order chi connectivity index (χ0) is 19.7. The molecular formula is C22H27IO3. The van der Waals surface area contributed by atoms with Crippen molar-refractivity contribution in [1.82, 2.24) is 0 Å². The van der Waals surface area contributed by atoms with Gasteiger partial charge in [0.2, 0.25) is 0 Å². The minimum atomic E-state index is 0.195. The van der Waals surface area contributed by atoms with Crippen molar-refractivity contribution in [3.63, 3.8) is 0 Å². The van der Waals surface area contributed by atoms with E-state index in [1.165, 1.54) is 9.13 Å². The molecule has 0 aliphatic heterocycles. The van der Waals surface area contributed by atoms with Crippen LogP contribution in [0.15, 0.2) is 48.5 Å². The molecule has 0 spiro atoms. The summed E-state index contributed by atoms with van der Waals surface area (Å²) in [6.45, 7) is 7.33. The fourth-order valence-electron chi connectivity index (χ4n) is 2.69. The summed E-state index contributed by atoms with van der Waals surface area (Å²) in [4.78, 5) is 21.7. The van der Waals surface area contributed by atoms with Crippen molar-refractivity contribution >= 4 is 34.2 Å². The minimum absolute atomic E-state index is 0.195. The third kappa shape index (κ3) is 8.61. The molecule has 2 unspecified atom stereocenters. The number of aromatic hydroxyl groups is 1. The molecule has 0 aromatic heterocycles. The molecule has 0 fully saturated rings. The Morgan fingerprint density at radius 3 is 1.50 bits per heavy atom. The van der Waals surface area contributed by atoms with Crippen LogP contribution in [-0.2, 0) is 9.59 Å². The van der Waals surface area contributed by atoms with E-state index < -0.39 is 0 Å². The Bertz CT molecular complexity index is 642. The summed E-state index contributed by atoms with van der Waals surface area (Å²) in [5.74, 6) is 1.29. The average molecular weight is 466 g/mol. The largest absolute Gasteiger partial charge is 0.508 e. The van der Waals surface area contributed by atoms with E-state index in [0.717, 1.165) is 5.56 Å². The van der Waals surface area contributed by atoms with Crippen LogP contribution in [0.5, 0.6) is 5.75 Å². The first kappa shape index (κ1) is 22.4. The van der Waals surface area contributed by atoms with Crippen LogP contribution in [0.4, 0.5) is 0 Å². The Hall–Kier alpha value is -1.69. The van der Waals surface area contributed by atoms with Crippen LogP contribution in [0.2, 0.25) is 0 Å². The predicted molar refractivity (Wildman–Crippen MR) is 115 cm³/mol. The molecule has 0 bridgehead atoms. The first-order chi connectivity index (χ1) is 12.2. The summed E-state index contributed by atoms with van der Waals surface area (Å²) in [5.41, 5.74) is 2.34. The maximum Gasteiger partial charge on any atom is 0.130 e. The minimum Gasteiger partial charge on any atom is -0.508 e. The second-order valence-electron chi connectivity index (χ2n) is 6.76. The van der Waals surface area contributed by atoms with Gasteiger partial charge >= 0.3 is 0 Å². The molecule has 2 aromatic carbocycles. The Labute approximate surface area is 170 Å². The van der Waals surface area contributed by atoms with Crippen molar-refractivity contribution in [2.75, 3.05) is 0 Å². The molecule has 4 heteroatoms. The second kappa shape index (κ2) is 11.1. The number of phenolic OH excluding ortho intramolecular Hbond substituents is 1. The summed E-state index contributed by atoms with van der Waals surface area (Å²) in [6, 6.07) is 15.3. The molecule has 0 radical (unpaired) electrons. The topological polar surface area (TPSA) is 54.4 Å². The van der Waals surface area contributed by atoms with Gasteiger partial charge in [-0.1, -0.05) is 38.1 Å². The summed E-state index contributed by atoms with van der Waals surface area (Å²) in [6.07, 6.45) is 1.20. The van der Waals surface area contributed by atoms with Gasteiger partial charge in [0, 0.05) is 16.4 Å².